The van der Waals surface area contributed by atoms with Gasteiger partial charge in [-0.15, -0.1) is 0 Å². The topological polar surface area (TPSA) is 62.3 Å². The Kier molecular flexibility index (Phi) is 5.79. The Morgan fingerprint density at radius 3 is 2.77 bits per heavy atom. The number of benzene rings is 2. The molecule has 5 nitrogen and oxygen atoms in total. The number of hydrogen-bond acceptors (Lipinski definition) is 4. The van der Waals surface area contributed by atoms with E-state index in [1.54, 1.807) is 35.4 Å². The second-order valence-electron chi connectivity index (χ2n) is 7.26. The van der Waals surface area contributed by atoms with Crippen molar-refractivity contribution < 1.29 is 9.59 Å². The van der Waals surface area contributed by atoms with Gasteiger partial charge in [-0.3, -0.25) is 9.59 Å². The first-order chi connectivity index (χ1) is 14.4. The van der Waals surface area contributed by atoms with Crippen LogP contribution in [0.15, 0.2) is 70.7 Å². The van der Waals surface area contributed by atoms with Gasteiger partial charge in [0.25, 0.3) is 5.91 Å². The van der Waals surface area contributed by atoms with Gasteiger partial charge in [-0.2, -0.15) is 0 Å². The van der Waals surface area contributed by atoms with E-state index in [1.807, 2.05) is 44.2 Å². The molecule has 0 spiro atoms. The number of aromatic nitrogens is 1. The molecule has 4 rings (SSSR count). The van der Waals surface area contributed by atoms with Crippen LogP contribution >= 0.6 is 23.4 Å². The molecule has 0 unspecified atom stereocenters. The van der Waals surface area contributed by atoms with E-state index in [4.69, 9.17) is 11.6 Å². The van der Waals surface area contributed by atoms with E-state index in [-0.39, 0.29) is 24.3 Å². The molecule has 3 aromatic rings. The van der Waals surface area contributed by atoms with Crippen LogP contribution in [0.4, 0.5) is 11.4 Å². The van der Waals surface area contributed by atoms with E-state index in [2.05, 4.69) is 10.3 Å². The fourth-order valence-electron chi connectivity index (χ4n) is 3.40. The summed E-state index contributed by atoms with van der Waals surface area (Å²) in [5.41, 5.74) is 2.91. The van der Waals surface area contributed by atoms with Gasteiger partial charge in [-0.1, -0.05) is 35.5 Å². The van der Waals surface area contributed by atoms with Gasteiger partial charge in [0.05, 0.1) is 17.7 Å². The number of carbonyl (C=O) groups excluding carboxylic acids is 2. The van der Waals surface area contributed by atoms with Gasteiger partial charge in [-0.05, 0) is 61.9 Å². The number of nitrogens with one attached hydrogen (secondary N) is 1. The number of rotatable bonds is 4. The molecule has 30 heavy (non-hydrogen) atoms. The number of amides is 2. The molecule has 1 N–H and O–H groups in total. The van der Waals surface area contributed by atoms with Crippen molar-refractivity contribution in [2.45, 2.75) is 36.2 Å². The Morgan fingerprint density at radius 1 is 1.17 bits per heavy atom. The zero-order valence-electron chi connectivity index (χ0n) is 16.6. The van der Waals surface area contributed by atoms with Crippen LogP contribution in [0.2, 0.25) is 5.02 Å². The molecule has 2 heterocycles. The standard InChI is InChI=1S/C23H20ClN3O2S/c1-14(2)27-19-9-8-17(26-21(28)12-15-5-3-6-16(24)11-15)13-20(19)30-22-18(23(27)29)7-4-10-25-22/h3-11,13-14H,12H2,1-2H3,(H,26,28). The van der Waals surface area contributed by atoms with Gasteiger partial charge in [0.1, 0.15) is 5.03 Å². The number of anilines is 2. The maximum Gasteiger partial charge on any atom is 0.261 e. The Bertz CT molecular complexity index is 1130. The summed E-state index contributed by atoms with van der Waals surface area (Å²) in [6.45, 7) is 3.96. The molecular formula is C23H20ClN3O2S. The minimum Gasteiger partial charge on any atom is -0.326 e. The first-order valence-electron chi connectivity index (χ1n) is 9.57. The number of carbonyl (C=O) groups is 2. The predicted octanol–water partition coefficient (Wildman–Crippen LogP) is 5.44. The number of nitrogens with zero attached hydrogens (tertiary/aromatic N) is 2. The fourth-order valence-corrected chi connectivity index (χ4v) is 4.66. The minimum absolute atomic E-state index is 0.0220. The van der Waals surface area contributed by atoms with Crippen LogP contribution < -0.4 is 10.2 Å². The van der Waals surface area contributed by atoms with Crippen molar-refractivity contribution in [2.75, 3.05) is 10.2 Å². The number of fused-ring (bicyclic) bond motifs is 2. The van der Waals surface area contributed by atoms with Gasteiger partial charge in [0.2, 0.25) is 5.91 Å². The van der Waals surface area contributed by atoms with Crippen molar-refractivity contribution in [3.8, 4) is 0 Å². The van der Waals surface area contributed by atoms with E-state index in [0.29, 0.717) is 21.3 Å². The minimum atomic E-state index is -0.133. The molecule has 0 bridgehead atoms. The van der Waals surface area contributed by atoms with Gasteiger partial charge < -0.3 is 10.2 Å². The highest BCUT2D eigenvalue weighted by Gasteiger charge is 2.29. The van der Waals surface area contributed by atoms with Crippen molar-refractivity contribution in [1.82, 2.24) is 4.98 Å². The Labute approximate surface area is 184 Å². The van der Waals surface area contributed by atoms with Crippen LogP contribution in [-0.4, -0.2) is 22.8 Å². The van der Waals surface area contributed by atoms with Crippen LogP contribution in [0.25, 0.3) is 0 Å². The lowest BCUT2D eigenvalue weighted by atomic mass is 10.1. The highest BCUT2D eigenvalue weighted by atomic mass is 35.5. The summed E-state index contributed by atoms with van der Waals surface area (Å²) < 4.78 is 0. The van der Waals surface area contributed by atoms with Gasteiger partial charge in [-0.25, -0.2) is 4.98 Å². The predicted molar refractivity (Wildman–Crippen MR) is 121 cm³/mol. The Balaban J connectivity index is 1.63. The average molecular weight is 438 g/mol. The number of pyridine rings is 1. The molecular weight excluding hydrogens is 418 g/mol. The SMILES string of the molecule is CC(C)N1C(=O)c2cccnc2Sc2cc(NC(=O)Cc3cccc(Cl)c3)ccc21. The van der Waals surface area contributed by atoms with Crippen LogP contribution in [0.5, 0.6) is 0 Å². The normalized spacial score (nSPS) is 12.9. The summed E-state index contributed by atoms with van der Waals surface area (Å²) in [5.74, 6) is -0.205. The summed E-state index contributed by atoms with van der Waals surface area (Å²) in [4.78, 5) is 32.7. The molecule has 1 aromatic heterocycles. The molecule has 0 fully saturated rings. The Morgan fingerprint density at radius 2 is 2.00 bits per heavy atom. The molecule has 2 aromatic carbocycles. The van der Waals surface area contributed by atoms with Gasteiger partial charge in [0.15, 0.2) is 0 Å². The highest BCUT2D eigenvalue weighted by molar-refractivity contribution is 7.99. The zero-order valence-corrected chi connectivity index (χ0v) is 18.1. The lowest BCUT2D eigenvalue weighted by Gasteiger charge is -2.27. The van der Waals surface area contributed by atoms with Crippen molar-refractivity contribution >= 4 is 46.6 Å². The second kappa shape index (κ2) is 8.50. The maximum atomic E-state index is 13.1. The van der Waals surface area contributed by atoms with Crippen LogP contribution in [-0.2, 0) is 11.2 Å². The lowest BCUT2D eigenvalue weighted by molar-refractivity contribution is -0.115. The van der Waals surface area contributed by atoms with Crippen molar-refractivity contribution in [3.63, 3.8) is 0 Å². The third-order valence-corrected chi connectivity index (χ3v) is 6.00. The fraction of sp³-hybridized carbons (Fsp3) is 0.174. The summed E-state index contributed by atoms with van der Waals surface area (Å²) >= 11 is 7.44. The monoisotopic (exact) mass is 437 g/mol. The van der Waals surface area contributed by atoms with Crippen molar-refractivity contribution in [1.29, 1.82) is 0 Å². The summed E-state index contributed by atoms with van der Waals surface area (Å²) in [5, 5.41) is 4.20. The van der Waals surface area contributed by atoms with E-state index in [9.17, 15) is 9.59 Å². The lowest BCUT2D eigenvalue weighted by Crippen LogP contribution is -2.37. The molecule has 152 valence electrons. The first-order valence-corrected chi connectivity index (χ1v) is 10.8. The summed E-state index contributed by atoms with van der Waals surface area (Å²) in [6, 6.07) is 16.4. The molecule has 2 amide bonds. The highest BCUT2D eigenvalue weighted by Crippen LogP contribution is 2.42. The van der Waals surface area contributed by atoms with E-state index in [1.165, 1.54) is 11.8 Å². The summed E-state index contributed by atoms with van der Waals surface area (Å²) in [6.07, 6.45) is 1.91. The number of halogens is 1. The molecule has 0 saturated carbocycles. The third-order valence-electron chi connectivity index (χ3n) is 4.70. The van der Waals surface area contributed by atoms with Gasteiger partial charge >= 0.3 is 0 Å². The number of hydrogen-bond donors (Lipinski definition) is 1. The van der Waals surface area contributed by atoms with Crippen molar-refractivity contribution in [2.24, 2.45) is 0 Å². The third kappa shape index (κ3) is 4.20. The molecule has 0 saturated heterocycles. The van der Waals surface area contributed by atoms with Crippen LogP contribution in [0.1, 0.15) is 29.8 Å². The summed E-state index contributed by atoms with van der Waals surface area (Å²) in [7, 11) is 0. The van der Waals surface area contributed by atoms with E-state index >= 15 is 0 Å². The average Bonchev–Trinajstić information content (AvgIpc) is 2.81. The molecule has 0 atom stereocenters. The second-order valence-corrected chi connectivity index (χ2v) is 8.73. The molecule has 7 heteroatoms. The van der Waals surface area contributed by atoms with E-state index < -0.39 is 0 Å². The zero-order chi connectivity index (χ0) is 21.3. The molecule has 0 aliphatic carbocycles. The molecule has 0 radical (unpaired) electrons. The quantitative estimate of drug-likeness (QED) is 0.590. The van der Waals surface area contributed by atoms with E-state index in [0.717, 1.165) is 16.1 Å². The van der Waals surface area contributed by atoms with Crippen molar-refractivity contribution in [3.05, 3.63) is 76.9 Å². The molecule has 1 aliphatic rings. The van der Waals surface area contributed by atoms with Crippen LogP contribution in [0.3, 0.4) is 0 Å². The largest absolute Gasteiger partial charge is 0.326 e. The molecule has 1 aliphatic heterocycles. The maximum absolute atomic E-state index is 13.1. The first kappa shape index (κ1) is 20.4. The smallest absolute Gasteiger partial charge is 0.261 e. The van der Waals surface area contributed by atoms with Crippen LogP contribution in [0, 0.1) is 0 Å². The Hall–Kier alpha value is -2.83. The van der Waals surface area contributed by atoms with Gasteiger partial charge in [0, 0.05) is 27.8 Å².